The highest BCUT2D eigenvalue weighted by Gasteiger charge is 2.42. The molecule has 0 saturated heterocycles. The van der Waals surface area contributed by atoms with Gasteiger partial charge >= 0.3 is 7.48 Å². The maximum atomic E-state index is 10.4. The second-order valence-electron chi connectivity index (χ2n) is 14.2. The van der Waals surface area contributed by atoms with Gasteiger partial charge in [-0.15, -0.1) is 0 Å². The molecule has 2 aromatic carbocycles. The Hall–Kier alpha value is -2.43. The van der Waals surface area contributed by atoms with E-state index in [2.05, 4.69) is 68.4 Å². The lowest BCUT2D eigenvalue weighted by atomic mass is 9.70. The highest BCUT2D eigenvalue weighted by atomic mass is 16.5. The fourth-order valence-electron chi connectivity index (χ4n) is 6.70. The maximum absolute atomic E-state index is 10.4. The third kappa shape index (κ3) is 8.23. The van der Waals surface area contributed by atoms with Crippen molar-refractivity contribution in [3.8, 4) is 22.4 Å². The summed E-state index contributed by atoms with van der Waals surface area (Å²) in [5, 5.41) is 10.4. The number of hydrogen-bond acceptors (Lipinski definition) is 3. The van der Waals surface area contributed by atoms with E-state index in [4.69, 9.17) is 9.64 Å². The van der Waals surface area contributed by atoms with Crippen molar-refractivity contribution in [2.45, 2.75) is 148 Å². The molecule has 1 aliphatic carbocycles. The van der Waals surface area contributed by atoms with Gasteiger partial charge in [0, 0.05) is 17.2 Å². The topological polar surface area (TPSA) is 42.4 Å². The Bertz CT molecular complexity index is 1290. The van der Waals surface area contributed by atoms with Gasteiger partial charge in [0.1, 0.15) is 0 Å². The first-order chi connectivity index (χ1) is 21.1. The largest absolute Gasteiger partial charge is 0.427 e. The second kappa shape index (κ2) is 15.7. The Labute approximate surface area is 269 Å². The van der Waals surface area contributed by atoms with Crippen molar-refractivity contribution in [3.63, 3.8) is 0 Å². The molecule has 44 heavy (non-hydrogen) atoms. The minimum Gasteiger partial charge on any atom is -0.427 e. The summed E-state index contributed by atoms with van der Waals surface area (Å²) in [6.07, 6.45) is 20.2. The molecule has 0 atom stereocenters. The van der Waals surface area contributed by atoms with E-state index in [0.717, 1.165) is 11.2 Å². The summed E-state index contributed by atoms with van der Waals surface area (Å²) in [7, 11) is 1.71. The van der Waals surface area contributed by atoms with Crippen LogP contribution in [0.25, 0.3) is 22.4 Å². The lowest BCUT2D eigenvalue weighted by Gasteiger charge is -2.37. The molecular weight excluding hydrogens is 537 g/mol. The van der Waals surface area contributed by atoms with Gasteiger partial charge in [-0.2, -0.15) is 0 Å². The molecule has 1 aromatic heterocycles. The Morgan fingerprint density at radius 3 is 1.89 bits per heavy atom. The van der Waals surface area contributed by atoms with Crippen molar-refractivity contribution in [1.82, 2.24) is 4.98 Å². The van der Waals surface area contributed by atoms with Crippen molar-refractivity contribution < 1.29 is 9.76 Å². The predicted octanol–water partition coefficient (Wildman–Crippen LogP) is 10.3. The number of aliphatic hydroxyl groups is 1. The average molecular weight is 595 g/mol. The van der Waals surface area contributed by atoms with Gasteiger partial charge in [-0.25, -0.2) is 0 Å². The monoisotopic (exact) mass is 594 g/mol. The molecule has 4 rings (SSSR count). The first-order valence-corrected chi connectivity index (χ1v) is 17.6. The molecule has 4 heteroatoms. The Morgan fingerprint density at radius 1 is 0.705 bits per heavy atom. The predicted molar refractivity (Wildman–Crippen MR) is 189 cm³/mol. The number of fused-ring (bicyclic) bond motifs is 3. The smallest absolute Gasteiger partial charge is 0.332 e. The zero-order valence-electron chi connectivity index (χ0n) is 28.6. The maximum Gasteiger partial charge on any atom is 0.332 e. The standard InChI is InChI=1S/C40H57BNO2/c1-7-9-11-13-15-19-27-40(28-20-16-14-12-10-8-2)35-22-18-17-21-33(35)34-25-23-31(29-36(34)40)37-26-24-32(30-42-37)41-44-39(5,6)38(3,4)43/h17-18,21-26,29-30,43H,7-16,19-20,27-28H2,1-6H3. The van der Waals surface area contributed by atoms with E-state index < -0.39 is 11.2 Å². The van der Waals surface area contributed by atoms with Crippen molar-refractivity contribution in [2.75, 3.05) is 0 Å². The van der Waals surface area contributed by atoms with E-state index in [1.54, 1.807) is 26.9 Å². The van der Waals surface area contributed by atoms with Gasteiger partial charge < -0.3 is 9.76 Å². The van der Waals surface area contributed by atoms with Crippen LogP contribution in [0.5, 0.6) is 0 Å². The van der Waals surface area contributed by atoms with Crippen LogP contribution in [0.3, 0.4) is 0 Å². The van der Waals surface area contributed by atoms with Crippen LogP contribution in [0.2, 0.25) is 0 Å². The second-order valence-corrected chi connectivity index (χ2v) is 14.2. The molecule has 0 aliphatic heterocycles. The molecule has 3 nitrogen and oxygen atoms in total. The molecule has 0 unspecified atom stereocenters. The fraction of sp³-hybridized carbons (Fsp3) is 0.575. The summed E-state index contributed by atoms with van der Waals surface area (Å²) in [5.74, 6) is 0. The molecule has 1 heterocycles. The van der Waals surface area contributed by atoms with Gasteiger partial charge in [-0.3, -0.25) is 4.98 Å². The minimum absolute atomic E-state index is 0.0711. The number of pyridine rings is 1. The molecule has 1 radical (unpaired) electrons. The van der Waals surface area contributed by atoms with E-state index in [-0.39, 0.29) is 5.41 Å². The van der Waals surface area contributed by atoms with Crippen LogP contribution in [0, 0.1) is 0 Å². The van der Waals surface area contributed by atoms with Crippen LogP contribution < -0.4 is 5.46 Å². The lowest BCUT2D eigenvalue weighted by Crippen LogP contribution is -2.49. The van der Waals surface area contributed by atoms with Crippen molar-refractivity contribution in [3.05, 3.63) is 71.9 Å². The van der Waals surface area contributed by atoms with E-state index in [1.165, 1.54) is 112 Å². The zero-order valence-corrected chi connectivity index (χ0v) is 28.6. The van der Waals surface area contributed by atoms with Crippen molar-refractivity contribution >= 4 is 12.9 Å². The van der Waals surface area contributed by atoms with Crippen LogP contribution in [-0.2, 0) is 10.1 Å². The molecule has 0 amide bonds. The summed E-state index contributed by atoms with van der Waals surface area (Å²) in [6, 6.07) is 20.4. The van der Waals surface area contributed by atoms with Crippen LogP contribution in [0.4, 0.5) is 0 Å². The summed E-state index contributed by atoms with van der Waals surface area (Å²) >= 11 is 0. The summed E-state index contributed by atoms with van der Waals surface area (Å²) in [6.45, 7) is 11.9. The molecule has 0 bridgehead atoms. The first-order valence-electron chi connectivity index (χ1n) is 17.6. The fourth-order valence-corrected chi connectivity index (χ4v) is 6.70. The number of nitrogens with zero attached hydrogens (tertiary/aromatic N) is 1. The van der Waals surface area contributed by atoms with E-state index in [1.807, 2.05) is 20.0 Å². The molecule has 1 aliphatic rings. The Balaban J connectivity index is 1.60. The van der Waals surface area contributed by atoms with E-state index >= 15 is 0 Å². The number of hydrogen-bond donors (Lipinski definition) is 1. The third-order valence-electron chi connectivity index (χ3n) is 10.2. The van der Waals surface area contributed by atoms with Crippen LogP contribution in [0.1, 0.15) is 143 Å². The van der Waals surface area contributed by atoms with Crippen molar-refractivity contribution in [1.29, 1.82) is 0 Å². The van der Waals surface area contributed by atoms with Gasteiger partial charge in [0.25, 0.3) is 0 Å². The molecular formula is C40H57BNO2. The zero-order chi connectivity index (χ0) is 31.6. The molecule has 3 aromatic rings. The summed E-state index contributed by atoms with van der Waals surface area (Å²) < 4.78 is 5.97. The SMILES string of the molecule is CCCCCCCCC1(CCCCCCCC)c2ccccc2-c2ccc(-c3ccc([B]OC(C)(C)C(C)(C)O)cn3)cc21. The molecule has 1 N–H and O–H groups in total. The highest BCUT2D eigenvalue weighted by molar-refractivity contribution is 6.46. The minimum atomic E-state index is -0.962. The average Bonchev–Trinajstić information content (AvgIpc) is 3.28. The van der Waals surface area contributed by atoms with Gasteiger partial charge in [-0.1, -0.05) is 133 Å². The van der Waals surface area contributed by atoms with Gasteiger partial charge in [0.05, 0.1) is 16.9 Å². The first kappa shape index (κ1) is 34.4. The molecule has 0 saturated carbocycles. The highest BCUT2D eigenvalue weighted by Crippen LogP contribution is 2.54. The van der Waals surface area contributed by atoms with Crippen molar-refractivity contribution in [2.24, 2.45) is 0 Å². The number of aromatic nitrogens is 1. The number of rotatable bonds is 19. The Kier molecular flexibility index (Phi) is 12.3. The summed E-state index contributed by atoms with van der Waals surface area (Å²) in [4.78, 5) is 4.87. The molecule has 237 valence electrons. The van der Waals surface area contributed by atoms with Crippen LogP contribution >= 0.6 is 0 Å². The number of unbranched alkanes of at least 4 members (excludes halogenated alkanes) is 10. The summed E-state index contributed by atoms with van der Waals surface area (Å²) in [5.41, 5.74) is 7.33. The van der Waals surface area contributed by atoms with E-state index in [0.29, 0.717) is 0 Å². The van der Waals surface area contributed by atoms with E-state index in [9.17, 15) is 5.11 Å². The molecule has 0 spiro atoms. The lowest BCUT2D eigenvalue weighted by molar-refractivity contribution is -0.0893. The van der Waals surface area contributed by atoms with Gasteiger partial charge in [0.15, 0.2) is 0 Å². The van der Waals surface area contributed by atoms with Gasteiger partial charge in [0.2, 0.25) is 0 Å². The normalized spacial score (nSPS) is 14.0. The van der Waals surface area contributed by atoms with Gasteiger partial charge in [-0.05, 0) is 80.4 Å². The molecule has 0 fully saturated rings. The Morgan fingerprint density at radius 2 is 1.30 bits per heavy atom. The third-order valence-corrected chi connectivity index (χ3v) is 10.2. The number of benzene rings is 2. The van der Waals surface area contributed by atoms with Crippen LogP contribution in [-0.4, -0.2) is 28.8 Å². The quantitative estimate of drug-likeness (QED) is 0.111. The van der Waals surface area contributed by atoms with Crippen LogP contribution in [0.15, 0.2) is 60.8 Å².